The highest BCUT2D eigenvalue weighted by Crippen LogP contribution is 2.29. The number of rotatable bonds is 7. The number of halogens is 3. The fraction of sp³-hybridized carbons (Fsp3) is 0.250. The molecule has 0 bridgehead atoms. The molecule has 1 N–H and O–H groups in total. The summed E-state index contributed by atoms with van der Waals surface area (Å²) in [6.45, 7) is 3.31. The van der Waals surface area contributed by atoms with Gasteiger partial charge in [-0.2, -0.15) is 13.2 Å². The standard InChI is InChI=1S/C20H19F3N2OS/c1-14-25-18(13-27-14)12-26-19-7-5-15(6-8-19)10-24-11-16-3-2-4-17(9-16)20(21,22)23/h2-9,13,24H,10-12H2,1H3. The van der Waals surface area contributed by atoms with E-state index in [0.717, 1.165) is 28.1 Å². The van der Waals surface area contributed by atoms with E-state index in [-0.39, 0.29) is 0 Å². The summed E-state index contributed by atoms with van der Waals surface area (Å²) in [4.78, 5) is 4.35. The van der Waals surface area contributed by atoms with E-state index in [4.69, 9.17) is 4.74 Å². The Hall–Kier alpha value is -2.38. The predicted molar refractivity (Wildman–Crippen MR) is 99.6 cm³/mol. The fourth-order valence-electron chi connectivity index (χ4n) is 2.54. The summed E-state index contributed by atoms with van der Waals surface area (Å²) in [6, 6.07) is 13.0. The number of hydrogen-bond acceptors (Lipinski definition) is 4. The maximum absolute atomic E-state index is 12.7. The SMILES string of the molecule is Cc1nc(COc2ccc(CNCc3cccc(C(F)(F)F)c3)cc2)cs1. The molecular formula is C20H19F3N2OS. The molecule has 7 heteroatoms. The number of ether oxygens (including phenoxy) is 1. The summed E-state index contributed by atoms with van der Waals surface area (Å²) in [5, 5.41) is 6.14. The van der Waals surface area contributed by atoms with Crippen LogP contribution in [0, 0.1) is 6.92 Å². The molecule has 3 aromatic rings. The van der Waals surface area contributed by atoms with Gasteiger partial charge in [0.15, 0.2) is 0 Å². The molecule has 3 nitrogen and oxygen atoms in total. The molecule has 0 aliphatic heterocycles. The van der Waals surface area contributed by atoms with Gasteiger partial charge >= 0.3 is 6.18 Å². The average Bonchev–Trinajstić information content (AvgIpc) is 3.06. The second-order valence-corrected chi connectivity index (χ2v) is 7.15. The van der Waals surface area contributed by atoms with Gasteiger partial charge in [-0.15, -0.1) is 11.3 Å². The van der Waals surface area contributed by atoms with Gasteiger partial charge in [0.05, 0.1) is 16.3 Å². The fourth-order valence-corrected chi connectivity index (χ4v) is 3.14. The summed E-state index contributed by atoms with van der Waals surface area (Å²) >= 11 is 1.59. The van der Waals surface area contributed by atoms with E-state index in [9.17, 15) is 13.2 Å². The van der Waals surface area contributed by atoms with Crippen molar-refractivity contribution in [2.24, 2.45) is 0 Å². The van der Waals surface area contributed by atoms with Crippen molar-refractivity contribution in [2.45, 2.75) is 32.8 Å². The lowest BCUT2D eigenvalue weighted by Crippen LogP contribution is -2.13. The van der Waals surface area contributed by atoms with Gasteiger partial charge in [-0.3, -0.25) is 0 Å². The van der Waals surface area contributed by atoms with Crippen molar-refractivity contribution < 1.29 is 17.9 Å². The van der Waals surface area contributed by atoms with Gasteiger partial charge in [0, 0.05) is 18.5 Å². The second kappa shape index (κ2) is 8.54. The normalized spacial score (nSPS) is 11.6. The highest BCUT2D eigenvalue weighted by atomic mass is 32.1. The topological polar surface area (TPSA) is 34.1 Å². The van der Waals surface area contributed by atoms with E-state index in [1.807, 2.05) is 36.6 Å². The zero-order valence-electron chi connectivity index (χ0n) is 14.7. The van der Waals surface area contributed by atoms with Gasteiger partial charge in [-0.25, -0.2) is 4.98 Å². The molecule has 0 radical (unpaired) electrons. The van der Waals surface area contributed by atoms with Crippen LogP contribution in [0.4, 0.5) is 13.2 Å². The first kappa shape index (κ1) is 19.4. The van der Waals surface area contributed by atoms with Crippen LogP contribution in [-0.4, -0.2) is 4.98 Å². The maximum Gasteiger partial charge on any atom is 0.416 e. The molecule has 0 unspecified atom stereocenters. The van der Waals surface area contributed by atoms with Crippen LogP contribution in [0.3, 0.4) is 0 Å². The Morgan fingerprint density at radius 2 is 1.78 bits per heavy atom. The minimum absolute atomic E-state index is 0.366. The van der Waals surface area contributed by atoms with Crippen LogP contribution in [0.2, 0.25) is 0 Å². The summed E-state index contributed by atoms with van der Waals surface area (Å²) in [7, 11) is 0. The Bertz CT molecular complexity index is 875. The maximum atomic E-state index is 12.7. The Kier molecular flexibility index (Phi) is 6.13. The molecule has 0 aliphatic rings. The van der Waals surface area contributed by atoms with Crippen molar-refractivity contribution in [3.05, 3.63) is 81.3 Å². The van der Waals surface area contributed by atoms with Crippen molar-refractivity contribution >= 4 is 11.3 Å². The van der Waals surface area contributed by atoms with Gasteiger partial charge < -0.3 is 10.1 Å². The molecule has 0 atom stereocenters. The number of nitrogens with zero attached hydrogens (tertiary/aromatic N) is 1. The van der Waals surface area contributed by atoms with E-state index >= 15 is 0 Å². The van der Waals surface area contributed by atoms with Crippen molar-refractivity contribution in [3.8, 4) is 5.75 Å². The first-order valence-electron chi connectivity index (χ1n) is 8.40. The number of nitrogens with one attached hydrogen (secondary N) is 1. The van der Waals surface area contributed by atoms with Crippen LogP contribution in [0.5, 0.6) is 5.75 Å². The molecule has 0 fully saturated rings. The number of thiazole rings is 1. The molecule has 3 rings (SSSR count). The summed E-state index contributed by atoms with van der Waals surface area (Å²) < 4.78 is 43.9. The van der Waals surface area contributed by atoms with Crippen molar-refractivity contribution in [2.75, 3.05) is 0 Å². The first-order valence-corrected chi connectivity index (χ1v) is 9.28. The van der Waals surface area contributed by atoms with Gasteiger partial charge in [0.25, 0.3) is 0 Å². The molecule has 0 saturated carbocycles. The number of aromatic nitrogens is 1. The predicted octanol–water partition coefficient (Wildman–Crippen LogP) is 5.34. The van der Waals surface area contributed by atoms with Crippen LogP contribution in [0.25, 0.3) is 0 Å². The monoisotopic (exact) mass is 392 g/mol. The highest BCUT2D eigenvalue weighted by Gasteiger charge is 2.30. The molecule has 1 heterocycles. The quantitative estimate of drug-likeness (QED) is 0.589. The molecular weight excluding hydrogens is 373 g/mol. The van der Waals surface area contributed by atoms with Crippen molar-refractivity contribution in [3.63, 3.8) is 0 Å². The van der Waals surface area contributed by atoms with Crippen LogP contribution in [0.15, 0.2) is 53.9 Å². The zero-order valence-corrected chi connectivity index (χ0v) is 15.5. The molecule has 0 amide bonds. The lowest BCUT2D eigenvalue weighted by molar-refractivity contribution is -0.137. The second-order valence-electron chi connectivity index (χ2n) is 6.09. The molecule has 0 spiro atoms. The summed E-state index contributed by atoms with van der Waals surface area (Å²) in [5.74, 6) is 0.752. The molecule has 0 aliphatic carbocycles. The minimum Gasteiger partial charge on any atom is -0.487 e. The van der Waals surface area contributed by atoms with Crippen LogP contribution in [0.1, 0.15) is 27.4 Å². The first-order chi connectivity index (χ1) is 12.9. The van der Waals surface area contributed by atoms with Crippen molar-refractivity contribution in [1.29, 1.82) is 0 Å². The third-order valence-electron chi connectivity index (χ3n) is 3.89. The number of hydrogen-bond donors (Lipinski definition) is 1. The Balaban J connectivity index is 1.47. The third-order valence-corrected chi connectivity index (χ3v) is 4.71. The molecule has 0 saturated heterocycles. The third kappa shape index (κ3) is 5.80. The van der Waals surface area contributed by atoms with Crippen LogP contribution < -0.4 is 10.1 Å². The molecule has 142 valence electrons. The van der Waals surface area contributed by atoms with E-state index in [2.05, 4.69) is 10.3 Å². The summed E-state index contributed by atoms with van der Waals surface area (Å²) in [5.41, 5.74) is 1.91. The Morgan fingerprint density at radius 1 is 1.04 bits per heavy atom. The van der Waals surface area contributed by atoms with E-state index in [1.165, 1.54) is 12.1 Å². The molecule has 27 heavy (non-hydrogen) atoms. The van der Waals surface area contributed by atoms with Gasteiger partial charge in [0.2, 0.25) is 0 Å². The van der Waals surface area contributed by atoms with Gasteiger partial charge in [0.1, 0.15) is 12.4 Å². The highest BCUT2D eigenvalue weighted by molar-refractivity contribution is 7.09. The minimum atomic E-state index is -4.32. The number of aryl methyl sites for hydroxylation is 1. The molecule has 2 aromatic carbocycles. The lowest BCUT2D eigenvalue weighted by Gasteiger charge is -2.10. The Labute approximate surface area is 159 Å². The molecule has 1 aromatic heterocycles. The van der Waals surface area contributed by atoms with Crippen molar-refractivity contribution in [1.82, 2.24) is 10.3 Å². The van der Waals surface area contributed by atoms with Gasteiger partial charge in [-0.05, 0) is 36.2 Å². The van der Waals surface area contributed by atoms with Crippen LogP contribution in [-0.2, 0) is 25.9 Å². The van der Waals surface area contributed by atoms with Crippen LogP contribution >= 0.6 is 11.3 Å². The number of alkyl halides is 3. The Morgan fingerprint density at radius 3 is 2.44 bits per heavy atom. The lowest BCUT2D eigenvalue weighted by atomic mass is 10.1. The smallest absolute Gasteiger partial charge is 0.416 e. The van der Waals surface area contributed by atoms with Gasteiger partial charge in [-0.1, -0.05) is 30.3 Å². The van der Waals surface area contributed by atoms with E-state index in [1.54, 1.807) is 17.4 Å². The van der Waals surface area contributed by atoms with E-state index in [0.29, 0.717) is 25.3 Å². The average molecular weight is 392 g/mol. The van der Waals surface area contributed by atoms with E-state index < -0.39 is 11.7 Å². The summed E-state index contributed by atoms with van der Waals surface area (Å²) in [6.07, 6.45) is -4.32. The number of benzene rings is 2. The largest absolute Gasteiger partial charge is 0.487 e. The zero-order chi connectivity index (χ0) is 19.3.